The Morgan fingerprint density at radius 2 is 1.74 bits per heavy atom. The summed E-state index contributed by atoms with van der Waals surface area (Å²) < 4.78 is 0. The highest BCUT2D eigenvalue weighted by molar-refractivity contribution is 6.04. The van der Waals surface area contributed by atoms with Gasteiger partial charge in [0.15, 0.2) is 0 Å². The van der Waals surface area contributed by atoms with Gasteiger partial charge in [-0.1, -0.05) is 37.3 Å². The minimum Gasteiger partial charge on any atom is -0.324 e. The maximum atomic E-state index is 12.6. The lowest BCUT2D eigenvalue weighted by Gasteiger charge is -2.13. The van der Waals surface area contributed by atoms with Crippen LogP contribution in [0.25, 0.3) is 0 Å². The van der Waals surface area contributed by atoms with Crippen LogP contribution in [0.1, 0.15) is 39.5 Å². The number of anilines is 3. The van der Waals surface area contributed by atoms with Crippen molar-refractivity contribution in [2.45, 2.75) is 34.1 Å². The molecular weight excluding hydrogens is 336 g/mol. The van der Waals surface area contributed by atoms with E-state index in [2.05, 4.69) is 33.6 Å². The summed E-state index contributed by atoms with van der Waals surface area (Å²) >= 11 is 0. The van der Waals surface area contributed by atoms with E-state index >= 15 is 0 Å². The number of benzene rings is 2. The largest absolute Gasteiger partial charge is 0.324 e. The van der Waals surface area contributed by atoms with Gasteiger partial charge in [0, 0.05) is 23.8 Å². The monoisotopic (exact) mass is 360 g/mol. The zero-order valence-corrected chi connectivity index (χ0v) is 16.1. The lowest BCUT2D eigenvalue weighted by molar-refractivity contribution is 0.102. The molecule has 5 nitrogen and oxygen atoms in total. The molecule has 2 N–H and O–H groups in total. The van der Waals surface area contributed by atoms with E-state index in [1.54, 1.807) is 12.4 Å². The number of amides is 1. The molecule has 0 bridgehead atoms. The molecule has 5 heteroatoms. The van der Waals surface area contributed by atoms with Crippen LogP contribution in [-0.4, -0.2) is 15.9 Å². The van der Waals surface area contributed by atoms with Gasteiger partial charge >= 0.3 is 0 Å². The summed E-state index contributed by atoms with van der Waals surface area (Å²) in [5.74, 6) is 0.252. The number of para-hydroxylation sites is 1. The number of nitrogens with one attached hydrogen (secondary N) is 2. The molecule has 1 amide bonds. The third-order valence-electron chi connectivity index (χ3n) is 4.53. The molecule has 1 heterocycles. The maximum absolute atomic E-state index is 12.6. The van der Waals surface area contributed by atoms with Crippen LogP contribution >= 0.6 is 0 Å². The smallest absolute Gasteiger partial charge is 0.258 e. The van der Waals surface area contributed by atoms with Gasteiger partial charge in [-0.15, -0.1) is 0 Å². The Bertz CT molecular complexity index is 965. The molecule has 0 aliphatic carbocycles. The molecular formula is C22H24N4O. The molecule has 138 valence electrons. The molecule has 1 aromatic heterocycles. The van der Waals surface area contributed by atoms with Crippen LogP contribution in [0, 0.1) is 20.8 Å². The number of hydrogen-bond acceptors (Lipinski definition) is 4. The van der Waals surface area contributed by atoms with Gasteiger partial charge < -0.3 is 10.6 Å². The van der Waals surface area contributed by atoms with E-state index in [9.17, 15) is 4.79 Å². The summed E-state index contributed by atoms with van der Waals surface area (Å²) in [7, 11) is 0. The average molecular weight is 360 g/mol. The first-order valence-corrected chi connectivity index (χ1v) is 9.04. The van der Waals surface area contributed by atoms with Crippen molar-refractivity contribution in [1.29, 1.82) is 0 Å². The fraction of sp³-hybridized carbons (Fsp3) is 0.227. The maximum Gasteiger partial charge on any atom is 0.258 e. The van der Waals surface area contributed by atoms with Gasteiger partial charge in [0.05, 0.1) is 5.56 Å². The molecule has 27 heavy (non-hydrogen) atoms. The fourth-order valence-corrected chi connectivity index (χ4v) is 2.89. The van der Waals surface area contributed by atoms with E-state index in [0.717, 1.165) is 40.0 Å². The normalized spacial score (nSPS) is 10.5. The number of aromatic nitrogens is 2. The summed E-state index contributed by atoms with van der Waals surface area (Å²) in [6.45, 7) is 8.12. The molecule has 0 saturated carbocycles. The Hall–Kier alpha value is -3.21. The number of rotatable bonds is 5. The van der Waals surface area contributed by atoms with Crippen LogP contribution in [0.15, 0.2) is 48.8 Å². The second kappa shape index (κ2) is 7.99. The zero-order valence-electron chi connectivity index (χ0n) is 16.1. The third kappa shape index (κ3) is 4.31. The van der Waals surface area contributed by atoms with Crippen LogP contribution in [0.4, 0.5) is 17.3 Å². The molecule has 0 aliphatic heterocycles. The number of carbonyl (C=O) groups is 1. The van der Waals surface area contributed by atoms with E-state index in [1.165, 1.54) is 0 Å². The van der Waals surface area contributed by atoms with Crippen LogP contribution in [0.3, 0.4) is 0 Å². The summed E-state index contributed by atoms with van der Waals surface area (Å²) in [4.78, 5) is 21.2. The number of hydrogen-bond donors (Lipinski definition) is 2. The Morgan fingerprint density at radius 3 is 2.44 bits per heavy atom. The molecule has 0 radical (unpaired) electrons. The highest BCUT2D eigenvalue weighted by atomic mass is 16.1. The van der Waals surface area contributed by atoms with Gasteiger partial charge in [-0.05, 0) is 55.5 Å². The Labute approximate surface area is 159 Å². The van der Waals surface area contributed by atoms with E-state index in [-0.39, 0.29) is 5.91 Å². The van der Waals surface area contributed by atoms with Gasteiger partial charge in [0.2, 0.25) is 5.95 Å². The summed E-state index contributed by atoms with van der Waals surface area (Å²) in [5.41, 5.74) is 6.66. The molecule has 0 atom stereocenters. The first-order chi connectivity index (χ1) is 13.0. The highest BCUT2D eigenvalue weighted by Crippen LogP contribution is 2.22. The van der Waals surface area contributed by atoms with Crippen molar-refractivity contribution in [3.63, 3.8) is 0 Å². The molecule has 3 aromatic rings. The SMILES string of the molecule is CCc1cccc(C)c1NC(=O)c1cnc(Nc2cc(C)ccc2C)nc1. The van der Waals surface area contributed by atoms with Gasteiger partial charge in [-0.3, -0.25) is 4.79 Å². The standard InChI is InChI=1S/C22H24N4O/c1-5-17-8-6-7-16(4)20(17)26-21(27)18-12-23-22(24-13-18)25-19-11-14(2)9-10-15(19)3/h6-13H,5H2,1-4H3,(H,26,27)(H,23,24,25). The molecule has 0 unspecified atom stereocenters. The van der Waals surface area contributed by atoms with Gasteiger partial charge in [0.1, 0.15) is 0 Å². The Morgan fingerprint density at radius 1 is 1.00 bits per heavy atom. The predicted molar refractivity (Wildman–Crippen MR) is 110 cm³/mol. The summed E-state index contributed by atoms with van der Waals surface area (Å²) in [6, 6.07) is 12.2. The topological polar surface area (TPSA) is 66.9 Å². The van der Waals surface area contributed by atoms with Crippen LogP contribution in [0.2, 0.25) is 0 Å². The molecule has 0 saturated heterocycles. The van der Waals surface area contributed by atoms with Crippen molar-refractivity contribution < 1.29 is 4.79 Å². The second-order valence-electron chi connectivity index (χ2n) is 6.66. The molecule has 3 rings (SSSR count). The van der Waals surface area contributed by atoms with Crippen LogP contribution < -0.4 is 10.6 Å². The third-order valence-corrected chi connectivity index (χ3v) is 4.53. The zero-order chi connectivity index (χ0) is 19.4. The lowest BCUT2D eigenvalue weighted by atomic mass is 10.1. The van der Waals surface area contributed by atoms with Gasteiger partial charge in [-0.2, -0.15) is 0 Å². The molecule has 0 spiro atoms. The fourth-order valence-electron chi connectivity index (χ4n) is 2.89. The van der Waals surface area contributed by atoms with E-state index in [1.807, 2.05) is 51.1 Å². The van der Waals surface area contributed by atoms with E-state index in [0.29, 0.717) is 11.5 Å². The van der Waals surface area contributed by atoms with E-state index < -0.39 is 0 Å². The van der Waals surface area contributed by atoms with Gasteiger partial charge in [0.25, 0.3) is 5.91 Å². The molecule has 0 fully saturated rings. The van der Waals surface area contributed by atoms with Crippen molar-refractivity contribution in [2.75, 3.05) is 10.6 Å². The number of aryl methyl sites for hydroxylation is 4. The van der Waals surface area contributed by atoms with Crippen molar-refractivity contribution in [3.8, 4) is 0 Å². The van der Waals surface area contributed by atoms with E-state index in [4.69, 9.17) is 0 Å². The van der Waals surface area contributed by atoms with Crippen LogP contribution in [0.5, 0.6) is 0 Å². The van der Waals surface area contributed by atoms with Crippen molar-refractivity contribution in [3.05, 3.63) is 76.6 Å². The van der Waals surface area contributed by atoms with Crippen molar-refractivity contribution >= 4 is 23.2 Å². The van der Waals surface area contributed by atoms with Crippen molar-refractivity contribution in [1.82, 2.24) is 9.97 Å². The lowest BCUT2D eigenvalue weighted by Crippen LogP contribution is -2.15. The minimum atomic E-state index is -0.211. The summed E-state index contributed by atoms with van der Waals surface area (Å²) in [6.07, 6.45) is 3.94. The summed E-state index contributed by atoms with van der Waals surface area (Å²) in [5, 5.41) is 6.19. The highest BCUT2D eigenvalue weighted by Gasteiger charge is 2.12. The van der Waals surface area contributed by atoms with Crippen LogP contribution in [-0.2, 0) is 6.42 Å². The predicted octanol–water partition coefficient (Wildman–Crippen LogP) is 4.96. The van der Waals surface area contributed by atoms with Crippen molar-refractivity contribution in [2.24, 2.45) is 0 Å². The van der Waals surface area contributed by atoms with Gasteiger partial charge in [-0.25, -0.2) is 9.97 Å². The first-order valence-electron chi connectivity index (χ1n) is 9.04. The molecule has 2 aromatic carbocycles. The quantitative estimate of drug-likeness (QED) is 0.675. The minimum absolute atomic E-state index is 0.211. The number of carbonyl (C=O) groups excluding carboxylic acids is 1. The Balaban J connectivity index is 1.75. The average Bonchev–Trinajstić information content (AvgIpc) is 2.67. The second-order valence-corrected chi connectivity index (χ2v) is 6.66. The first kappa shape index (κ1) is 18.6. The Kier molecular flexibility index (Phi) is 5.50. The number of nitrogens with zero attached hydrogens (tertiary/aromatic N) is 2. The molecule has 0 aliphatic rings.